The van der Waals surface area contributed by atoms with Gasteiger partial charge in [-0.25, -0.2) is 13.1 Å². The van der Waals surface area contributed by atoms with Gasteiger partial charge in [0.15, 0.2) is 0 Å². The van der Waals surface area contributed by atoms with E-state index >= 15 is 0 Å². The summed E-state index contributed by atoms with van der Waals surface area (Å²) < 4.78 is 33.5. The molecular weight excluding hydrogens is 374 g/mol. The highest BCUT2D eigenvalue weighted by Crippen LogP contribution is 2.25. The summed E-state index contributed by atoms with van der Waals surface area (Å²) in [4.78, 5) is 4.87. The fourth-order valence-electron chi connectivity index (χ4n) is 3.44. The number of nitrogens with one attached hydrogen (secondary N) is 1. The lowest BCUT2D eigenvalue weighted by molar-refractivity contribution is 0.262. The van der Waals surface area contributed by atoms with Crippen molar-refractivity contribution in [1.82, 2.24) is 9.62 Å². The number of hydrogen-bond donors (Lipinski definition) is 1. The van der Waals surface area contributed by atoms with Crippen LogP contribution in [-0.4, -0.2) is 59.7 Å². The molecule has 1 fully saturated rings. The summed E-state index contributed by atoms with van der Waals surface area (Å²) in [5, 5.41) is 0. The van der Waals surface area contributed by atoms with Crippen molar-refractivity contribution in [2.75, 3.05) is 51.3 Å². The van der Waals surface area contributed by atoms with Gasteiger partial charge in [0, 0.05) is 45.0 Å². The van der Waals surface area contributed by atoms with E-state index < -0.39 is 10.0 Å². The lowest BCUT2D eigenvalue weighted by Crippen LogP contribution is -2.48. The first-order chi connectivity index (χ1) is 13.5. The van der Waals surface area contributed by atoms with Gasteiger partial charge in [0.25, 0.3) is 0 Å². The number of rotatable bonds is 8. The van der Waals surface area contributed by atoms with Crippen LogP contribution in [0.4, 0.5) is 5.69 Å². The molecule has 0 atom stereocenters. The van der Waals surface area contributed by atoms with Crippen molar-refractivity contribution in [3.05, 3.63) is 54.1 Å². The van der Waals surface area contributed by atoms with Crippen LogP contribution in [0.15, 0.2) is 53.4 Å². The molecule has 7 heteroatoms. The van der Waals surface area contributed by atoms with E-state index in [0.29, 0.717) is 18.8 Å². The second kappa shape index (κ2) is 9.41. The summed E-state index contributed by atoms with van der Waals surface area (Å²) in [6.07, 6.45) is 0.776. The number of ether oxygens (including phenoxy) is 1. The molecule has 152 valence electrons. The van der Waals surface area contributed by atoms with Crippen LogP contribution in [0.2, 0.25) is 0 Å². The number of para-hydroxylation sites is 1. The minimum atomic E-state index is -3.60. The zero-order valence-corrected chi connectivity index (χ0v) is 17.4. The van der Waals surface area contributed by atoms with Crippen LogP contribution in [-0.2, 0) is 16.4 Å². The summed E-state index contributed by atoms with van der Waals surface area (Å²) >= 11 is 0. The number of benzene rings is 2. The van der Waals surface area contributed by atoms with Crippen LogP contribution in [0.1, 0.15) is 12.5 Å². The summed E-state index contributed by atoms with van der Waals surface area (Å²) in [5.41, 5.74) is 2.21. The molecule has 0 aromatic heterocycles. The van der Waals surface area contributed by atoms with Crippen LogP contribution >= 0.6 is 0 Å². The third-order valence-corrected chi connectivity index (χ3v) is 6.62. The molecule has 0 spiro atoms. The normalized spacial score (nSPS) is 15.6. The molecule has 0 unspecified atom stereocenters. The smallest absolute Gasteiger partial charge is 0.244 e. The van der Waals surface area contributed by atoms with Crippen molar-refractivity contribution in [2.24, 2.45) is 0 Å². The van der Waals surface area contributed by atoms with Crippen molar-refractivity contribution in [3.8, 4) is 5.75 Å². The Morgan fingerprint density at radius 3 is 2.39 bits per heavy atom. The Morgan fingerprint density at radius 1 is 1.04 bits per heavy atom. The molecule has 1 aliphatic heterocycles. The van der Waals surface area contributed by atoms with Crippen LogP contribution in [0.25, 0.3) is 0 Å². The molecular formula is C21H29N3O3S. The second-order valence-corrected chi connectivity index (χ2v) is 8.64. The number of piperazine rings is 1. The number of anilines is 1. The van der Waals surface area contributed by atoms with E-state index in [2.05, 4.69) is 38.8 Å². The lowest BCUT2D eigenvalue weighted by Gasteiger charge is -2.36. The maximum Gasteiger partial charge on any atom is 0.244 e. The zero-order valence-electron chi connectivity index (χ0n) is 16.6. The van der Waals surface area contributed by atoms with Gasteiger partial charge in [-0.05, 0) is 36.2 Å². The lowest BCUT2D eigenvalue weighted by atomic mass is 10.2. The van der Waals surface area contributed by atoms with Crippen LogP contribution in [0.3, 0.4) is 0 Å². The Morgan fingerprint density at radius 2 is 1.75 bits per heavy atom. The maximum absolute atomic E-state index is 12.7. The third-order valence-electron chi connectivity index (χ3n) is 5.14. The molecule has 1 aliphatic rings. The van der Waals surface area contributed by atoms with E-state index in [1.165, 1.54) is 12.8 Å². The van der Waals surface area contributed by atoms with Crippen molar-refractivity contribution in [3.63, 3.8) is 0 Å². The van der Waals surface area contributed by atoms with E-state index in [0.717, 1.165) is 38.2 Å². The molecule has 1 saturated heterocycles. The van der Waals surface area contributed by atoms with Crippen molar-refractivity contribution >= 4 is 15.7 Å². The van der Waals surface area contributed by atoms with Crippen LogP contribution in [0.5, 0.6) is 5.75 Å². The fraction of sp³-hybridized carbons (Fsp3) is 0.429. The summed E-state index contributed by atoms with van der Waals surface area (Å²) in [6.45, 7) is 6.81. The predicted octanol–water partition coefficient (Wildman–Crippen LogP) is 2.36. The Balaban J connectivity index is 1.52. The highest BCUT2D eigenvalue weighted by atomic mass is 32.2. The standard InChI is InChI=1S/C21H29N3O3S/c1-3-18-9-10-20(27-2)21(17-18)28(25,26)22-11-12-23-13-15-24(16-14-23)19-7-5-4-6-8-19/h4-10,17,22H,3,11-16H2,1-2H3. The Bertz CT molecular complexity index is 864. The van der Waals surface area contributed by atoms with E-state index in [-0.39, 0.29) is 4.90 Å². The molecule has 2 aromatic carbocycles. The highest BCUT2D eigenvalue weighted by molar-refractivity contribution is 7.89. The van der Waals surface area contributed by atoms with E-state index in [9.17, 15) is 8.42 Å². The van der Waals surface area contributed by atoms with Gasteiger partial charge in [-0.1, -0.05) is 31.2 Å². The number of sulfonamides is 1. The molecule has 0 bridgehead atoms. The largest absolute Gasteiger partial charge is 0.495 e. The van der Waals surface area contributed by atoms with Gasteiger partial charge in [0.2, 0.25) is 10.0 Å². The van der Waals surface area contributed by atoms with E-state index in [1.807, 2.05) is 19.1 Å². The quantitative estimate of drug-likeness (QED) is 0.733. The summed E-state index contributed by atoms with van der Waals surface area (Å²) in [7, 11) is -2.11. The monoisotopic (exact) mass is 403 g/mol. The molecule has 2 aromatic rings. The van der Waals surface area contributed by atoms with Crippen molar-refractivity contribution in [2.45, 2.75) is 18.2 Å². The van der Waals surface area contributed by atoms with E-state index in [1.54, 1.807) is 12.1 Å². The average molecular weight is 404 g/mol. The van der Waals surface area contributed by atoms with Gasteiger partial charge in [-0.2, -0.15) is 0 Å². The molecule has 0 radical (unpaired) electrons. The highest BCUT2D eigenvalue weighted by Gasteiger charge is 2.21. The average Bonchev–Trinajstić information content (AvgIpc) is 2.74. The van der Waals surface area contributed by atoms with Gasteiger partial charge in [0.1, 0.15) is 10.6 Å². The Labute approximate surface area is 168 Å². The van der Waals surface area contributed by atoms with Crippen LogP contribution < -0.4 is 14.4 Å². The Hall–Kier alpha value is -2.09. The van der Waals surface area contributed by atoms with Gasteiger partial charge in [0.05, 0.1) is 7.11 Å². The minimum absolute atomic E-state index is 0.211. The molecule has 0 amide bonds. The molecule has 3 rings (SSSR count). The molecule has 1 N–H and O–H groups in total. The number of methoxy groups -OCH3 is 1. The predicted molar refractivity (Wildman–Crippen MR) is 113 cm³/mol. The third kappa shape index (κ3) is 5.04. The zero-order chi connectivity index (χ0) is 20.0. The number of nitrogens with zero attached hydrogens (tertiary/aromatic N) is 2. The van der Waals surface area contributed by atoms with Crippen LogP contribution in [0, 0.1) is 0 Å². The molecule has 28 heavy (non-hydrogen) atoms. The van der Waals surface area contributed by atoms with Crippen molar-refractivity contribution < 1.29 is 13.2 Å². The fourth-order valence-corrected chi connectivity index (χ4v) is 4.67. The van der Waals surface area contributed by atoms with Gasteiger partial charge < -0.3 is 9.64 Å². The topological polar surface area (TPSA) is 61.9 Å². The Kier molecular flexibility index (Phi) is 6.93. The molecule has 0 saturated carbocycles. The van der Waals surface area contributed by atoms with Gasteiger partial charge in [-0.15, -0.1) is 0 Å². The molecule has 6 nitrogen and oxygen atoms in total. The number of hydrogen-bond acceptors (Lipinski definition) is 5. The maximum atomic E-state index is 12.7. The first kappa shape index (κ1) is 20.6. The van der Waals surface area contributed by atoms with Crippen molar-refractivity contribution in [1.29, 1.82) is 0 Å². The first-order valence-corrected chi connectivity index (χ1v) is 11.2. The SMILES string of the molecule is CCc1ccc(OC)c(S(=O)(=O)NCCN2CCN(c3ccccc3)CC2)c1. The summed E-state index contributed by atoms with van der Waals surface area (Å²) in [5.74, 6) is 0.376. The van der Waals surface area contributed by atoms with Gasteiger partial charge in [-0.3, -0.25) is 4.90 Å². The molecule has 1 heterocycles. The first-order valence-electron chi connectivity index (χ1n) is 9.72. The van der Waals surface area contributed by atoms with Gasteiger partial charge >= 0.3 is 0 Å². The molecule has 0 aliphatic carbocycles. The summed E-state index contributed by atoms with van der Waals surface area (Å²) in [6, 6.07) is 15.7. The number of aryl methyl sites for hydroxylation is 1. The minimum Gasteiger partial charge on any atom is -0.495 e. The second-order valence-electron chi connectivity index (χ2n) is 6.90. The van der Waals surface area contributed by atoms with E-state index in [4.69, 9.17) is 4.74 Å².